The van der Waals surface area contributed by atoms with Crippen LogP contribution in [0.3, 0.4) is 0 Å². The summed E-state index contributed by atoms with van der Waals surface area (Å²) in [6.45, 7) is 6.40. The summed E-state index contributed by atoms with van der Waals surface area (Å²) in [5.74, 6) is 0. The van der Waals surface area contributed by atoms with Crippen LogP contribution in [0.5, 0.6) is 0 Å². The average Bonchev–Trinajstić information content (AvgIpc) is 1.67. The molecule has 0 saturated carbocycles. The summed E-state index contributed by atoms with van der Waals surface area (Å²) in [6, 6.07) is 0. The number of hydrogen-bond donors (Lipinski definition) is 0. The second-order valence-corrected chi connectivity index (χ2v) is 12.9. The van der Waals surface area contributed by atoms with Crippen LogP contribution in [0.25, 0.3) is 0 Å². The first-order valence-corrected chi connectivity index (χ1v) is 10.4. The van der Waals surface area contributed by atoms with E-state index in [0.29, 0.717) is 0 Å². The van der Waals surface area contributed by atoms with Crippen LogP contribution >= 0.6 is 19.3 Å². The molecule has 0 aromatic rings. The van der Waals surface area contributed by atoms with E-state index in [9.17, 15) is 0 Å². The molecule has 0 aliphatic rings. The van der Waals surface area contributed by atoms with Crippen molar-refractivity contribution in [3.63, 3.8) is 0 Å². The van der Waals surface area contributed by atoms with Gasteiger partial charge in [-0.2, -0.15) is 0 Å². The number of rotatable bonds is 2. The van der Waals surface area contributed by atoms with Crippen molar-refractivity contribution in [1.29, 1.82) is 0 Å². The van der Waals surface area contributed by atoms with Gasteiger partial charge in [-0.15, -0.1) is 0 Å². The standard InChI is InChI=1S/C5H11.2ClH.Ga/c1-4-5(2)3;;;/h4H2,1-3H3;2*1H;/q;;;+2/p-2. The van der Waals surface area contributed by atoms with Crippen LogP contribution in [0.15, 0.2) is 0 Å². The fourth-order valence-corrected chi connectivity index (χ4v) is 2.41. The van der Waals surface area contributed by atoms with Crippen molar-refractivity contribution in [2.24, 2.45) is 0 Å². The van der Waals surface area contributed by atoms with Crippen LogP contribution in [0, 0.1) is 0 Å². The second kappa shape index (κ2) is 3.40. The molecule has 48 valence electrons. The first-order chi connectivity index (χ1) is 3.50. The Morgan fingerprint density at radius 3 is 1.75 bits per heavy atom. The molecule has 0 bridgehead atoms. The quantitative estimate of drug-likeness (QED) is 0.616. The third kappa shape index (κ3) is 2.67. The summed E-state index contributed by atoms with van der Waals surface area (Å²) in [5.41, 5.74) is 0. The fourth-order valence-electron chi connectivity index (χ4n) is 0.154. The Hall–Kier alpha value is 1.22. The maximum atomic E-state index is 5.82. The predicted molar refractivity (Wildman–Crippen MR) is 41.8 cm³/mol. The maximum absolute atomic E-state index is 5.82. The van der Waals surface area contributed by atoms with Crippen molar-refractivity contribution in [2.45, 2.75) is 31.2 Å². The zero-order valence-electron chi connectivity index (χ0n) is 5.54. The number of hydrogen-bond acceptors (Lipinski definition) is 0. The average molecular weight is 212 g/mol. The molecule has 0 heterocycles. The Morgan fingerprint density at radius 2 is 1.75 bits per heavy atom. The van der Waals surface area contributed by atoms with E-state index in [1.165, 1.54) is 0 Å². The van der Waals surface area contributed by atoms with Crippen LogP contribution in [0.1, 0.15) is 27.2 Å². The Labute approximate surface area is 64.6 Å². The Kier molecular flexibility index (Phi) is 3.92. The fraction of sp³-hybridized carbons (Fsp3) is 1.00. The molecule has 0 aliphatic carbocycles. The molecule has 0 rings (SSSR count). The SMILES string of the molecule is CC[C](C)(C)[Ga]([Cl])[Cl]. The van der Waals surface area contributed by atoms with Gasteiger partial charge in [-0.1, -0.05) is 0 Å². The Bertz CT molecular complexity index is 70.8. The molecule has 8 heavy (non-hydrogen) atoms. The van der Waals surface area contributed by atoms with E-state index >= 15 is 0 Å². The molecule has 0 amide bonds. The van der Waals surface area contributed by atoms with Gasteiger partial charge in [-0.3, -0.25) is 0 Å². The van der Waals surface area contributed by atoms with Crippen molar-refractivity contribution < 1.29 is 0 Å². The normalized spacial score (nSPS) is 11.6. The van der Waals surface area contributed by atoms with Gasteiger partial charge in [0.25, 0.3) is 0 Å². The molecule has 0 fully saturated rings. The first kappa shape index (κ1) is 9.22. The molecule has 0 unspecified atom stereocenters. The van der Waals surface area contributed by atoms with Crippen molar-refractivity contribution >= 4 is 33.5 Å². The first-order valence-electron chi connectivity index (χ1n) is 2.79. The molecule has 0 spiro atoms. The van der Waals surface area contributed by atoms with Gasteiger partial charge in [-0.25, -0.2) is 0 Å². The molecule has 0 radical (unpaired) electrons. The predicted octanol–water partition coefficient (Wildman–Crippen LogP) is 3.14. The molecule has 0 saturated heterocycles. The van der Waals surface area contributed by atoms with Crippen molar-refractivity contribution in [1.82, 2.24) is 0 Å². The van der Waals surface area contributed by atoms with Crippen LogP contribution in [-0.4, -0.2) is 14.2 Å². The zero-order chi connectivity index (χ0) is 6.78. The summed E-state index contributed by atoms with van der Waals surface area (Å²) in [7, 11) is 11.6. The molecule has 0 aromatic heterocycles. The third-order valence-electron chi connectivity index (χ3n) is 1.50. The van der Waals surface area contributed by atoms with Crippen LogP contribution < -0.4 is 0 Å². The van der Waals surface area contributed by atoms with E-state index in [4.69, 9.17) is 19.3 Å². The minimum absolute atomic E-state index is 0.260. The van der Waals surface area contributed by atoms with E-state index in [1.54, 1.807) is 0 Å². The van der Waals surface area contributed by atoms with Crippen molar-refractivity contribution in [3.05, 3.63) is 0 Å². The van der Waals surface area contributed by atoms with Crippen LogP contribution in [0.4, 0.5) is 0 Å². The number of halogens is 2. The van der Waals surface area contributed by atoms with E-state index in [2.05, 4.69) is 20.8 Å². The third-order valence-corrected chi connectivity index (χ3v) is 11.0. The van der Waals surface area contributed by atoms with Crippen molar-refractivity contribution in [2.75, 3.05) is 0 Å². The Morgan fingerprint density at radius 1 is 1.38 bits per heavy atom. The van der Waals surface area contributed by atoms with Gasteiger partial charge in [0.15, 0.2) is 0 Å². The zero-order valence-corrected chi connectivity index (χ0v) is 9.47. The summed E-state index contributed by atoms with van der Waals surface area (Å²) < 4.78 is 0.260. The van der Waals surface area contributed by atoms with Gasteiger partial charge in [0.2, 0.25) is 0 Å². The van der Waals surface area contributed by atoms with E-state index in [-0.39, 0.29) is 3.97 Å². The molecule has 0 aliphatic heterocycles. The summed E-state index contributed by atoms with van der Waals surface area (Å²) in [6.07, 6.45) is 1.10. The van der Waals surface area contributed by atoms with Crippen LogP contribution in [0.2, 0.25) is 3.97 Å². The Balaban J connectivity index is 3.71. The van der Waals surface area contributed by atoms with Crippen molar-refractivity contribution in [3.8, 4) is 0 Å². The van der Waals surface area contributed by atoms with E-state index in [1.807, 2.05) is 0 Å². The van der Waals surface area contributed by atoms with Crippen LogP contribution in [-0.2, 0) is 0 Å². The molecule has 3 heteroatoms. The van der Waals surface area contributed by atoms with E-state index in [0.717, 1.165) is 6.42 Å². The summed E-state index contributed by atoms with van der Waals surface area (Å²) in [5, 5.41) is 0. The van der Waals surface area contributed by atoms with Gasteiger partial charge < -0.3 is 0 Å². The van der Waals surface area contributed by atoms with Gasteiger partial charge in [-0.05, 0) is 0 Å². The van der Waals surface area contributed by atoms with Gasteiger partial charge in [0, 0.05) is 0 Å². The second-order valence-electron chi connectivity index (χ2n) is 2.64. The topological polar surface area (TPSA) is 0 Å². The monoisotopic (exact) mass is 210 g/mol. The summed E-state index contributed by atoms with van der Waals surface area (Å²) >= 11 is -1.85. The molecule has 0 nitrogen and oxygen atoms in total. The molecule has 0 aromatic carbocycles. The van der Waals surface area contributed by atoms with E-state index < -0.39 is 14.2 Å². The molecule has 0 N–H and O–H groups in total. The molecular weight excluding hydrogens is 201 g/mol. The summed E-state index contributed by atoms with van der Waals surface area (Å²) in [4.78, 5) is 0. The molecular formula is C5H11Cl2Ga. The van der Waals surface area contributed by atoms with Gasteiger partial charge in [0.05, 0.1) is 0 Å². The molecule has 0 atom stereocenters. The minimum atomic E-state index is -1.85. The van der Waals surface area contributed by atoms with Gasteiger partial charge in [0.1, 0.15) is 0 Å². The van der Waals surface area contributed by atoms with Gasteiger partial charge >= 0.3 is 64.7 Å².